The van der Waals surface area contributed by atoms with E-state index in [2.05, 4.69) is 11.9 Å². The van der Waals surface area contributed by atoms with Crippen molar-refractivity contribution in [1.82, 2.24) is 5.32 Å². The van der Waals surface area contributed by atoms with E-state index in [-0.39, 0.29) is 212 Å². The second kappa shape index (κ2) is 31.4. The fourth-order valence-electron chi connectivity index (χ4n) is 11.3. The number of hydrogen-bond acceptors (Lipinski definition) is 21. The number of nitrogens with one attached hydrogen (secondary N) is 1. The van der Waals surface area contributed by atoms with Gasteiger partial charge in [-0.1, -0.05) is 44.7 Å². The predicted molar refractivity (Wildman–Crippen MR) is 306 cm³/mol. The van der Waals surface area contributed by atoms with Crippen LogP contribution in [0, 0.1) is 0 Å². The molecule has 2 heterocycles. The molecule has 5 aromatic rings. The molecule has 0 bridgehead atoms. The van der Waals surface area contributed by atoms with Crippen LogP contribution in [0.4, 0.5) is 11.4 Å². The second-order valence-corrected chi connectivity index (χ2v) is 30.3. The molecule has 8 rings (SSSR count). The van der Waals surface area contributed by atoms with Crippen molar-refractivity contribution in [2.24, 2.45) is 0 Å². The third kappa shape index (κ3) is 19.0. The molecule has 0 saturated carbocycles. The fourth-order valence-corrected chi connectivity index (χ4v) is 14.9. The summed E-state index contributed by atoms with van der Waals surface area (Å²) in [5.74, 6) is -1.26. The Morgan fingerprint density at radius 3 is 1.67 bits per heavy atom. The molecule has 5 aromatic carbocycles. The van der Waals surface area contributed by atoms with Gasteiger partial charge in [0.1, 0.15) is 58.5 Å². The van der Waals surface area contributed by atoms with Gasteiger partial charge in [-0.15, -0.1) is 0 Å². The minimum atomic E-state index is -5.40. The van der Waals surface area contributed by atoms with Crippen LogP contribution in [0.3, 0.4) is 0 Å². The molecule has 3 aliphatic rings. The molecule has 0 spiro atoms. The quantitative estimate of drug-likeness (QED) is 0.0308. The minimum absolute atomic E-state index is 0. The summed E-state index contributed by atoms with van der Waals surface area (Å²) in [6, 6.07) is 15.3. The van der Waals surface area contributed by atoms with Crippen LogP contribution < -0.4 is 163 Å². The van der Waals surface area contributed by atoms with E-state index in [0.29, 0.717) is 95.4 Å². The number of hydrogen-bond donors (Lipinski definition) is 1. The molecule has 0 fully saturated rings. The van der Waals surface area contributed by atoms with Crippen LogP contribution in [-0.4, -0.2) is 125 Å². The number of benzene rings is 5. The number of amides is 1. The van der Waals surface area contributed by atoms with Gasteiger partial charge in [-0.25, -0.2) is 50.5 Å². The van der Waals surface area contributed by atoms with Crippen molar-refractivity contribution >= 4 is 105 Å². The third-order valence-corrected chi connectivity index (χ3v) is 20.0. The van der Waals surface area contributed by atoms with E-state index in [1.807, 2.05) is 0 Å². The smallest absolute Gasteiger partial charge is 0.748 e. The Morgan fingerprint density at radius 2 is 1.16 bits per heavy atom. The maximum Gasteiger partial charge on any atom is 1.00 e. The minimum Gasteiger partial charge on any atom is -0.748 e. The van der Waals surface area contributed by atoms with Gasteiger partial charge in [-0.05, 0) is 152 Å². The van der Waals surface area contributed by atoms with Crippen LogP contribution in [0.25, 0.3) is 21.5 Å². The van der Waals surface area contributed by atoms with E-state index >= 15 is 0 Å². The Labute approximate surface area is 635 Å². The van der Waals surface area contributed by atoms with Crippen LogP contribution in [0.5, 0.6) is 5.75 Å². The molecule has 456 valence electrons. The fraction of sp³-hybridized carbons (Fsp3) is 0.321. The molecule has 0 radical (unpaired) electrons. The van der Waals surface area contributed by atoms with Gasteiger partial charge >= 0.3 is 148 Å². The van der Waals surface area contributed by atoms with Crippen molar-refractivity contribution in [2.75, 3.05) is 36.0 Å². The van der Waals surface area contributed by atoms with Gasteiger partial charge in [0.15, 0.2) is 5.71 Å². The van der Waals surface area contributed by atoms with Gasteiger partial charge in [0.25, 0.3) is 0 Å². The summed E-state index contributed by atoms with van der Waals surface area (Å²) in [5, 5.41) is 2.21. The van der Waals surface area contributed by atoms with E-state index in [4.69, 9.17) is 4.74 Å². The van der Waals surface area contributed by atoms with Crippen LogP contribution >= 0.6 is 0 Å². The zero-order chi connectivity index (χ0) is 62.8. The normalized spacial score (nSPS) is 16.6. The summed E-state index contributed by atoms with van der Waals surface area (Å²) in [4.78, 5) is 9.89. The van der Waals surface area contributed by atoms with E-state index in [0.717, 1.165) is 17.7 Å². The number of allylic oxidation sites excluding steroid dienone is 7. The number of ether oxygens (including phenoxy) is 1. The Morgan fingerprint density at radius 1 is 0.633 bits per heavy atom. The van der Waals surface area contributed by atoms with Crippen molar-refractivity contribution in [3.63, 3.8) is 0 Å². The van der Waals surface area contributed by atoms with Gasteiger partial charge in [-0.3, -0.25) is 4.79 Å². The van der Waals surface area contributed by atoms with Gasteiger partial charge in [-0.2, -0.15) is 4.58 Å². The first-order chi connectivity index (χ1) is 39.2. The monoisotopic (exact) mass is 1400 g/mol. The summed E-state index contributed by atoms with van der Waals surface area (Å²) in [6.45, 7) is 12.0. The largest absolute Gasteiger partial charge is 1.00 e. The number of fused-ring (bicyclic) bond motifs is 6. The molecule has 1 N–H and O–H groups in total. The molecule has 0 unspecified atom stereocenters. The maximum absolute atomic E-state index is 12.6. The summed E-state index contributed by atoms with van der Waals surface area (Å²) in [6.07, 6.45) is 7.96. The molecular formula is C56H56N3Na5O20S6. The Bertz CT molecular complexity index is 4570. The summed E-state index contributed by atoms with van der Waals surface area (Å²) in [5.41, 5.74) is 1.67. The second-order valence-electron chi connectivity index (χ2n) is 21.8. The van der Waals surface area contributed by atoms with Gasteiger partial charge in [0, 0.05) is 76.5 Å². The SMILES string of the molecule is C=C(C)C(=O)NCCc1ccc(OC2=C(C=CC3=[N+](CCCS(=O)(=O)[O-])c4ccc5c(S(=O)(=O)[O-])cc(S(=O)(=O)[O-])cc5c4C3(C)C)CCCC2=CC=C2N(CCCS(=O)(=O)[O-])c3ccc4c(S(=O)(=O)[O-])cc(S(=O)(=O)[O-])cc4c3C2(C)C)cc1.[Na+].[Na+].[Na+].[Na+].[Na+]. The van der Waals surface area contributed by atoms with E-state index in [9.17, 15) is 82.6 Å². The maximum atomic E-state index is 12.6. The molecule has 1 amide bonds. The van der Waals surface area contributed by atoms with Crippen LogP contribution in [0.1, 0.15) is 83.4 Å². The molecule has 1 aliphatic carbocycles. The average Bonchev–Trinajstić information content (AvgIpc) is 1.53. The van der Waals surface area contributed by atoms with Crippen molar-refractivity contribution in [3.8, 4) is 5.75 Å². The van der Waals surface area contributed by atoms with E-state index in [1.54, 1.807) is 92.7 Å². The summed E-state index contributed by atoms with van der Waals surface area (Å²) in [7, 11) is -31.0. The Balaban J connectivity index is 0.00000423. The summed E-state index contributed by atoms with van der Waals surface area (Å²) < 4.78 is 231. The zero-order valence-electron chi connectivity index (χ0n) is 51.2. The van der Waals surface area contributed by atoms with Crippen molar-refractivity contribution < 1.29 is 240 Å². The predicted octanol–water partition coefficient (Wildman–Crippen LogP) is -9.21. The topological polar surface area (TPSA) is 388 Å². The Hall–Kier alpha value is -1.48. The molecule has 90 heavy (non-hydrogen) atoms. The molecule has 0 atom stereocenters. The average molecular weight is 1400 g/mol. The van der Waals surface area contributed by atoms with Crippen molar-refractivity contribution in [2.45, 2.75) is 104 Å². The molecule has 0 aromatic heterocycles. The Kier molecular flexibility index (Phi) is 28.8. The zero-order valence-corrected chi connectivity index (χ0v) is 66.1. The van der Waals surface area contributed by atoms with E-state index < -0.39 is 103 Å². The van der Waals surface area contributed by atoms with Gasteiger partial charge in [0.2, 0.25) is 11.6 Å². The molecule has 2 aliphatic heterocycles. The van der Waals surface area contributed by atoms with Crippen LogP contribution in [0.15, 0.2) is 151 Å². The van der Waals surface area contributed by atoms with Gasteiger partial charge in [0.05, 0.1) is 45.2 Å². The number of carbonyl (C=O) groups is 1. The van der Waals surface area contributed by atoms with Gasteiger partial charge < -0.3 is 42.3 Å². The number of carbonyl (C=O) groups excluding carboxylic acids is 1. The van der Waals surface area contributed by atoms with Crippen LogP contribution in [-0.2, 0) is 82.8 Å². The van der Waals surface area contributed by atoms with E-state index in [1.165, 1.54) is 24.3 Å². The molecular weight excluding hydrogens is 1340 g/mol. The number of rotatable bonds is 21. The standard InChI is InChI=1S/C56H61N3O20S6.5Na/c1-34(2)54(60)57-25-24-35-12-16-38(17-13-35)79-53-36(14-22-49-55(3,4)51-43-30-39(82(67,68)69)32-47(84(73,74)75)41(43)18-20-45(51)58(49)26-8-28-80(61,62)63)10-7-11-37(53)15-23-50-56(5,6)52-44-31-40(83(70,71)72)33-48(85(76,77)78)42(44)19-21-46(52)59(50)27-9-29-81(64,65)66;;;;;/h12-23,30-33H,1,7-11,24-29H2,2-6H3,(H6-,57,60,61,62,63,64,65,66,67,68,69,70,71,72,73,74,75,76,77,78);;;;;/q;5*+1/p-5. The first kappa shape index (κ1) is 82.7. The first-order valence-electron chi connectivity index (χ1n) is 26.1. The van der Waals surface area contributed by atoms with Crippen LogP contribution in [0.2, 0.25) is 0 Å². The number of anilines is 1. The third-order valence-electron chi connectivity index (χ3n) is 15.1. The van der Waals surface area contributed by atoms with Crippen molar-refractivity contribution in [1.29, 1.82) is 0 Å². The molecule has 0 saturated heterocycles. The number of nitrogens with zero attached hydrogens (tertiary/aromatic N) is 2. The molecule has 23 nitrogen and oxygen atoms in total. The first-order valence-corrected chi connectivity index (χ1v) is 34.9. The summed E-state index contributed by atoms with van der Waals surface area (Å²) >= 11 is 0. The van der Waals surface area contributed by atoms with Crippen molar-refractivity contribution in [3.05, 3.63) is 149 Å². The molecule has 34 heteroatoms.